The van der Waals surface area contributed by atoms with E-state index in [1.54, 1.807) is 43.3 Å². The highest BCUT2D eigenvalue weighted by Crippen LogP contribution is 2.49. The van der Waals surface area contributed by atoms with Crippen LogP contribution in [0.2, 0.25) is 5.02 Å². The molecule has 0 amide bonds. The highest BCUT2D eigenvalue weighted by molar-refractivity contribution is 6.30. The Morgan fingerprint density at radius 3 is 2.72 bits per heavy atom. The maximum Gasteiger partial charge on any atom is 0.335 e. The van der Waals surface area contributed by atoms with Gasteiger partial charge in [-0.05, 0) is 80.4 Å². The standard InChI is InChI=1S/C34H35ClFN5O5/c1-34(26-8-7-22(35)15-27(26)36)45-30-5-3-4-25(32(30)46-34)20-10-12-40(13-11-20)18-31-39-28-9-6-21(33(42)43)14-29(28)41(31)17-23(37)16-24(38)19-44-2/h3-9,14-16,20,38H,10-13,17-19,37H2,1-2H3,(H,42,43)/b23-16-,38-24?. The summed E-state index contributed by atoms with van der Waals surface area (Å²) in [5, 5.41) is 17.9. The summed E-state index contributed by atoms with van der Waals surface area (Å²) >= 11 is 5.97. The zero-order chi connectivity index (χ0) is 32.6. The summed E-state index contributed by atoms with van der Waals surface area (Å²) < 4.78 is 34.3. The number of methoxy groups -OCH3 is 1. The molecule has 2 aliphatic rings. The van der Waals surface area contributed by atoms with Crippen molar-refractivity contribution in [3.63, 3.8) is 0 Å². The average molecular weight is 648 g/mol. The molecule has 1 aromatic heterocycles. The van der Waals surface area contributed by atoms with Crippen LogP contribution in [-0.2, 0) is 23.6 Å². The lowest BCUT2D eigenvalue weighted by atomic mass is 9.88. The number of carboxylic acid groups (broad SMARTS) is 1. The number of fused-ring (bicyclic) bond motifs is 2. The van der Waals surface area contributed by atoms with E-state index in [0.717, 1.165) is 37.3 Å². The Labute approximate surface area is 270 Å². The molecule has 6 rings (SSSR count). The second kappa shape index (κ2) is 12.7. The van der Waals surface area contributed by atoms with Crippen LogP contribution in [0.1, 0.15) is 53.0 Å². The number of piperidine rings is 1. The molecular weight excluding hydrogens is 613 g/mol. The maximum atomic E-state index is 14.8. The van der Waals surface area contributed by atoms with E-state index in [-0.39, 0.29) is 35.9 Å². The number of ether oxygens (including phenoxy) is 3. The Balaban J connectivity index is 1.20. The van der Waals surface area contributed by atoms with Crippen LogP contribution in [0.25, 0.3) is 11.0 Å². The second-order valence-electron chi connectivity index (χ2n) is 11.8. The summed E-state index contributed by atoms with van der Waals surface area (Å²) in [6.45, 7) is 4.19. The van der Waals surface area contributed by atoms with E-state index in [9.17, 15) is 14.3 Å². The third-order valence-corrected chi connectivity index (χ3v) is 8.73. The van der Waals surface area contributed by atoms with Crippen LogP contribution in [0.15, 0.2) is 66.4 Å². The van der Waals surface area contributed by atoms with E-state index in [2.05, 4.69) is 4.90 Å². The van der Waals surface area contributed by atoms with Gasteiger partial charge in [-0.2, -0.15) is 0 Å². The molecule has 0 radical (unpaired) electrons. The molecule has 3 heterocycles. The van der Waals surface area contributed by atoms with Gasteiger partial charge < -0.3 is 35.0 Å². The van der Waals surface area contributed by atoms with E-state index < -0.39 is 17.6 Å². The average Bonchev–Trinajstić information content (AvgIpc) is 3.53. The van der Waals surface area contributed by atoms with Crippen molar-refractivity contribution in [3.05, 3.63) is 99.7 Å². The number of benzene rings is 3. The third kappa shape index (κ3) is 6.31. The summed E-state index contributed by atoms with van der Waals surface area (Å²) in [4.78, 5) is 18.9. The van der Waals surface area contributed by atoms with Crippen LogP contribution in [0.5, 0.6) is 11.5 Å². The van der Waals surface area contributed by atoms with Crippen molar-refractivity contribution >= 4 is 34.3 Å². The molecule has 2 aliphatic heterocycles. The van der Waals surface area contributed by atoms with Crippen LogP contribution in [0.3, 0.4) is 0 Å². The number of nitrogens with two attached hydrogens (primary N) is 1. The zero-order valence-corrected chi connectivity index (χ0v) is 26.3. The molecule has 4 aromatic rings. The molecule has 1 unspecified atom stereocenters. The predicted octanol–water partition coefficient (Wildman–Crippen LogP) is 6.06. The van der Waals surface area contributed by atoms with E-state index in [0.29, 0.717) is 39.8 Å². The third-order valence-electron chi connectivity index (χ3n) is 8.50. The molecule has 0 saturated carbocycles. The van der Waals surface area contributed by atoms with Gasteiger partial charge in [0.05, 0.1) is 47.6 Å². The molecular formula is C34H35ClFN5O5. The van der Waals surface area contributed by atoms with E-state index in [1.165, 1.54) is 13.2 Å². The number of carboxylic acids is 1. The Kier molecular flexibility index (Phi) is 8.73. The fraction of sp³-hybridized carbons (Fsp3) is 0.324. The summed E-state index contributed by atoms with van der Waals surface area (Å²) in [7, 11) is 1.52. The molecule has 0 aliphatic carbocycles. The molecule has 0 spiro atoms. The highest BCUT2D eigenvalue weighted by Gasteiger charge is 2.43. The molecule has 1 atom stereocenters. The number of para-hydroxylation sites is 1. The van der Waals surface area contributed by atoms with E-state index >= 15 is 0 Å². The van der Waals surface area contributed by atoms with Crippen molar-refractivity contribution in [1.82, 2.24) is 14.5 Å². The van der Waals surface area contributed by atoms with Gasteiger partial charge in [0, 0.05) is 30.3 Å². The van der Waals surface area contributed by atoms with Crippen molar-refractivity contribution in [2.24, 2.45) is 5.73 Å². The molecule has 1 fully saturated rings. The highest BCUT2D eigenvalue weighted by atomic mass is 35.5. The van der Waals surface area contributed by atoms with Gasteiger partial charge in [-0.15, -0.1) is 0 Å². The number of hydrogen-bond acceptors (Lipinski definition) is 8. The van der Waals surface area contributed by atoms with E-state index in [4.69, 9.17) is 41.9 Å². The molecule has 46 heavy (non-hydrogen) atoms. The quantitative estimate of drug-likeness (QED) is 0.177. The summed E-state index contributed by atoms with van der Waals surface area (Å²) in [5.41, 5.74) is 9.80. The largest absolute Gasteiger partial charge is 0.478 e. The predicted molar refractivity (Wildman–Crippen MR) is 172 cm³/mol. The van der Waals surface area contributed by atoms with Crippen LogP contribution in [0, 0.1) is 11.2 Å². The lowest BCUT2D eigenvalue weighted by Gasteiger charge is -2.32. The van der Waals surface area contributed by atoms with Gasteiger partial charge in [0.15, 0.2) is 11.5 Å². The summed E-state index contributed by atoms with van der Waals surface area (Å²) in [5.74, 6) is -0.660. The first-order valence-corrected chi connectivity index (χ1v) is 15.4. The minimum Gasteiger partial charge on any atom is -0.478 e. The number of nitrogens with zero attached hydrogens (tertiary/aromatic N) is 3. The number of imidazole rings is 1. The number of likely N-dealkylation sites (tertiary alicyclic amines) is 1. The molecule has 3 aromatic carbocycles. The minimum atomic E-state index is -1.31. The molecule has 12 heteroatoms. The fourth-order valence-corrected chi connectivity index (χ4v) is 6.45. The smallest absolute Gasteiger partial charge is 0.335 e. The van der Waals surface area contributed by atoms with Crippen LogP contribution in [-0.4, -0.2) is 58.0 Å². The normalized spacial score (nSPS) is 18.7. The number of carbonyl (C=O) groups is 1. The number of halogens is 2. The first-order chi connectivity index (χ1) is 22.0. The van der Waals surface area contributed by atoms with Gasteiger partial charge in [-0.1, -0.05) is 23.7 Å². The number of aromatic nitrogens is 2. The molecule has 0 bridgehead atoms. The van der Waals surface area contributed by atoms with Crippen molar-refractivity contribution < 1.29 is 28.5 Å². The SMILES string of the molecule is COCC(=N)/C=C(\N)Cn1c(CN2CCC(c3cccc4c3OC(C)(c3ccc(Cl)cc3F)O4)CC2)nc2ccc(C(=O)O)cc21. The first kappa shape index (κ1) is 31.5. The number of aromatic carboxylic acids is 1. The fourth-order valence-electron chi connectivity index (χ4n) is 6.29. The number of hydrogen-bond donors (Lipinski definition) is 3. The van der Waals surface area contributed by atoms with Gasteiger partial charge in [0.1, 0.15) is 11.6 Å². The van der Waals surface area contributed by atoms with Crippen LogP contribution in [0.4, 0.5) is 4.39 Å². The lowest BCUT2D eigenvalue weighted by molar-refractivity contribution is -0.0712. The zero-order valence-electron chi connectivity index (χ0n) is 25.6. The van der Waals surface area contributed by atoms with E-state index in [1.807, 2.05) is 22.8 Å². The van der Waals surface area contributed by atoms with Crippen molar-refractivity contribution in [1.29, 1.82) is 5.41 Å². The van der Waals surface area contributed by atoms with Gasteiger partial charge in [-0.3, -0.25) is 4.90 Å². The lowest BCUT2D eigenvalue weighted by Crippen LogP contribution is -2.34. The van der Waals surface area contributed by atoms with Gasteiger partial charge >= 0.3 is 5.97 Å². The van der Waals surface area contributed by atoms with Gasteiger partial charge in [-0.25, -0.2) is 14.2 Å². The van der Waals surface area contributed by atoms with Crippen LogP contribution < -0.4 is 15.2 Å². The monoisotopic (exact) mass is 647 g/mol. The Hall–Kier alpha value is -4.45. The summed E-state index contributed by atoms with van der Waals surface area (Å²) in [6.07, 6.45) is 3.26. The van der Waals surface area contributed by atoms with Gasteiger partial charge in [0.25, 0.3) is 5.79 Å². The Morgan fingerprint density at radius 2 is 2.00 bits per heavy atom. The molecule has 1 saturated heterocycles. The maximum absolute atomic E-state index is 14.8. The van der Waals surface area contributed by atoms with Crippen LogP contribution >= 0.6 is 11.6 Å². The first-order valence-electron chi connectivity index (χ1n) is 15.0. The Bertz CT molecular complexity index is 1850. The number of allylic oxidation sites excluding steroid dienone is 1. The van der Waals surface area contributed by atoms with Crippen molar-refractivity contribution in [3.8, 4) is 11.5 Å². The molecule has 4 N–H and O–H groups in total. The minimum absolute atomic E-state index is 0.134. The molecule has 10 nitrogen and oxygen atoms in total. The van der Waals surface area contributed by atoms with Gasteiger partial charge in [0.2, 0.25) is 0 Å². The topological polar surface area (TPSA) is 136 Å². The van der Waals surface area contributed by atoms with Crippen molar-refractivity contribution in [2.45, 2.75) is 44.6 Å². The Morgan fingerprint density at radius 1 is 1.22 bits per heavy atom. The number of nitrogens with one attached hydrogen (secondary N) is 1. The summed E-state index contributed by atoms with van der Waals surface area (Å²) in [6, 6.07) is 15.1. The molecule has 240 valence electrons. The second-order valence-corrected chi connectivity index (χ2v) is 12.2. The van der Waals surface area contributed by atoms with Crippen molar-refractivity contribution in [2.75, 3.05) is 26.8 Å². The number of rotatable bonds is 10.